The molecule has 1 saturated carbocycles. The standard InChI is InChI=1S/C16H30N2O4.ClH/c1-3-14(19)22-11(2)10-18-16(21)15(20)13(17)9-12-7-5-4-6-8-12;/h11-13,15,20H,3-10,17H2,1-2H3,(H,18,21);1H/t11-,13-,15?;/m1./s1. The van der Waals surface area contributed by atoms with Crippen molar-refractivity contribution in [3.8, 4) is 0 Å². The van der Waals surface area contributed by atoms with Gasteiger partial charge in [-0.2, -0.15) is 0 Å². The van der Waals surface area contributed by atoms with Crippen molar-refractivity contribution in [1.29, 1.82) is 0 Å². The summed E-state index contributed by atoms with van der Waals surface area (Å²) in [6.45, 7) is 3.58. The number of hydrogen-bond acceptors (Lipinski definition) is 5. The lowest BCUT2D eigenvalue weighted by Gasteiger charge is -2.26. The maximum atomic E-state index is 11.9. The van der Waals surface area contributed by atoms with Crippen molar-refractivity contribution in [2.75, 3.05) is 6.54 Å². The van der Waals surface area contributed by atoms with Crippen molar-refractivity contribution in [3.05, 3.63) is 0 Å². The summed E-state index contributed by atoms with van der Waals surface area (Å²) in [6.07, 6.45) is 5.29. The van der Waals surface area contributed by atoms with E-state index in [2.05, 4.69) is 5.32 Å². The third-order valence-electron chi connectivity index (χ3n) is 4.19. The number of aliphatic hydroxyl groups excluding tert-OH is 1. The van der Waals surface area contributed by atoms with E-state index in [4.69, 9.17) is 10.5 Å². The van der Waals surface area contributed by atoms with Crippen LogP contribution in [0.1, 0.15) is 58.8 Å². The number of halogens is 1. The van der Waals surface area contributed by atoms with Crippen LogP contribution in [0.3, 0.4) is 0 Å². The van der Waals surface area contributed by atoms with E-state index >= 15 is 0 Å². The molecule has 4 N–H and O–H groups in total. The van der Waals surface area contributed by atoms with Crippen LogP contribution in [-0.4, -0.2) is 41.8 Å². The molecule has 0 heterocycles. The number of esters is 1. The van der Waals surface area contributed by atoms with Gasteiger partial charge in [-0.3, -0.25) is 9.59 Å². The highest BCUT2D eigenvalue weighted by molar-refractivity contribution is 5.85. The Hall–Kier alpha value is -0.850. The number of nitrogens with two attached hydrogens (primary N) is 1. The molecular weight excluding hydrogens is 320 g/mol. The van der Waals surface area contributed by atoms with Crippen LogP contribution in [0.25, 0.3) is 0 Å². The maximum absolute atomic E-state index is 11.9. The molecule has 7 heteroatoms. The van der Waals surface area contributed by atoms with Gasteiger partial charge in [0.2, 0.25) is 0 Å². The van der Waals surface area contributed by atoms with Gasteiger partial charge in [0, 0.05) is 12.5 Å². The smallest absolute Gasteiger partial charge is 0.305 e. The Kier molecular flexibility index (Phi) is 11.2. The van der Waals surface area contributed by atoms with Crippen molar-refractivity contribution >= 4 is 24.3 Å². The van der Waals surface area contributed by atoms with E-state index in [9.17, 15) is 14.7 Å². The number of nitrogens with one attached hydrogen (secondary N) is 1. The Morgan fingerprint density at radius 1 is 1.30 bits per heavy atom. The molecular formula is C16H31ClN2O4. The number of amides is 1. The molecule has 0 radical (unpaired) electrons. The normalized spacial score (nSPS) is 19.1. The number of aliphatic hydroxyl groups is 1. The minimum atomic E-state index is -1.21. The Bertz CT molecular complexity index is 362. The lowest BCUT2D eigenvalue weighted by atomic mass is 9.84. The van der Waals surface area contributed by atoms with Gasteiger partial charge < -0.3 is 20.9 Å². The first kappa shape index (κ1) is 22.1. The van der Waals surface area contributed by atoms with Crippen molar-refractivity contribution in [2.45, 2.75) is 77.0 Å². The van der Waals surface area contributed by atoms with Crippen molar-refractivity contribution < 1.29 is 19.4 Å². The Labute approximate surface area is 144 Å². The fourth-order valence-electron chi connectivity index (χ4n) is 2.83. The number of carbonyl (C=O) groups is 2. The summed E-state index contributed by atoms with van der Waals surface area (Å²) in [5.41, 5.74) is 5.96. The molecule has 0 bridgehead atoms. The molecule has 6 nitrogen and oxygen atoms in total. The van der Waals surface area contributed by atoms with Crippen LogP contribution >= 0.6 is 12.4 Å². The second kappa shape index (κ2) is 11.6. The predicted octanol–water partition coefficient (Wildman–Crippen LogP) is 1.52. The summed E-state index contributed by atoms with van der Waals surface area (Å²) in [5.74, 6) is -0.297. The number of hydrogen-bond donors (Lipinski definition) is 3. The van der Waals surface area contributed by atoms with E-state index in [-0.39, 0.29) is 24.9 Å². The summed E-state index contributed by atoms with van der Waals surface area (Å²) in [5, 5.41) is 12.6. The Morgan fingerprint density at radius 2 is 1.91 bits per heavy atom. The van der Waals surface area contributed by atoms with Crippen LogP contribution in [0.4, 0.5) is 0 Å². The second-order valence-electron chi connectivity index (χ2n) is 6.25. The minimum Gasteiger partial charge on any atom is -0.461 e. The Morgan fingerprint density at radius 3 is 2.48 bits per heavy atom. The first-order chi connectivity index (χ1) is 10.4. The molecule has 0 aromatic rings. The molecule has 1 aliphatic rings. The van der Waals surface area contributed by atoms with Gasteiger partial charge in [0.15, 0.2) is 0 Å². The monoisotopic (exact) mass is 350 g/mol. The zero-order valence-electron chi connectivity index (χ0n) is 14.1. The molecule has 3 atom stereocenters. The van der Waals surface area contributed by atoms with Crippen LogP contribution < -0.4 is 11.1 Å². The van der Waals surface area contributed by atoms with Gasteiger partial charge in [-0.1, -0.05) is 39.0 Å². The molecule has 1 fully saturated rings. The zero-order chi connectivity index (χ0) is 16.5. The molecule has 1 unspecified atom stereocenters. The summed E-state index contributed by atoms with van der Waals surface area (Å²) in [7, 11) is 0. The average molecular weight is 351 g/mol. The van der Waals surface area contributed by atoms with Crippen molar-refractivity contribution in [2.24, 2.45) is 11.7 Å². The van der Waals surface area contributed by atoms with Crippen molar-refractivity contribution in [1.82, 2.24) is 5.32 Å². The fraction of sp³-hybridized carbons (Fsp3) is 0.875. The molecule has 0 aromatic carbocycles. The molecule has 23 heavy (non-hydrogen) atoms. The van der Waals surface area contributed by atoms with E-state index < -0.39 is 24.2 Å². The largest absolute Gasteiger partial charge is 0.461 e. The SMILES string of the molecule is CCC(=O)O[C@H](C)CNC(=O)C(O)[C@H](N)CC1CCCCC1.Cl. The lowest BCUT2D eigenvalue weighted by Crippen LogP contribution is -2.48. The third-order valence-corrected chi connectivity index (χ3v) is 4.19. The summed E-state index contributed by atoms with van der Waals surface area (Å²) >= 11 is 0. The summed E-state index contributed by atoms with van der Waals surface area (Å²) in [4.78, 5) is 23.0. The highest BCUT2D eigenvalue weighted by Crippen LogP contribution is 2.27. The quantitative estimate of drug-likeness (QED) is 0.576. The number of ether oxygens (including phenoxy) is 1. The first-order valence-electron chi connectivity index (χ1n) is 8.34. The molecule has 136 valence electrons. The van der Waals surface area contributed by atoms with E-state index in [1.807, 2.05) is 0 Å². The van der Waals surface area contributed by atoms with Gasteiger partial charge >= 0.3 is 5.97 Å². The van der Waals surface area contributed by atoms with E-state index in [0.29, 0.717) is 18.8 Å². The fourth-order valence-corrected chi connectivity index (χ4v) is 2.83. The number of rotatable bonds is 8. The van der Waals surface area contributed by atoms with Crippen LogP contribution in [0.2, 0.25) is 0 Å². The van der Waals surface area contributed by atoms with Gasteiger partial charge in [0.05, 0.1) is 6.54 Å². The van der Waals surface area contributed by atoms with Gasteiger partial charge in [-0.15, -0.1) is 12.4 Å². The minimum absolute atomic E-state index is 0. The molecule has 0 aromatic heterocycles. The Balaban J connectivity index is 0.00000484. The van der Waals surface area contributed by atoms with Gasteiger partial charge in [-0.05, 0) is 19.3 Å². The molecule has 0 spiro atoms. The van der Waals surface area contributed by atoms with Gasteiger partial charge in [0.1, 0.15) is 12.2 Å². The van der Waals surface area contributed by atoms with E-state index in [1.54, 1.807) is 13.8 Å². The van der Waals surface area contributed by atoms with Crippen LogP contribution in [0.5, 0.6) is 0 Å². The van der Waals surface area contributed by atoms with Crippen LogP contribution in [-0.2, 0) is 14.3 Å². The van der Waals surface area contributed by atoms with Crippen molar-refractivity contribution in [3.63, 3.8) is 0 Å². The molecule has 1 aliphatic carbocycles. The number of carbonyl (C=O) groups excluding carboxylic acids is 2. The summed E-state index contributed by atoms with van der Waals surface area (Å²) in [6, 6.07) is -0.545. The molecule has 1 rings (SSSR count). The zero-order valence-corrected chi connectivity index (χ0v) is 14.9. The molecule has 0 saturated heterocycles. The van der Waals surface area contributed by atoms with Gasteiger partial charge in [0.25, 0.3) is 5.91 Å². The third kappa shape index (κ3) is 8.53. The summed E-state index contributed by atoms with van der Waals surface area (Å²) < 4.78 is 5.05. The second-order valence-corrected chi connectivity index (χ2v) is 6.25. The van der Waals surface area contributed by atoms with Crippen LogP contribution in [0.15, 0.2) is 0 Å². The lowest BCUT2D eigenvalue weighted by molar-refractivity contribution is -0.148. The topological polar surface area (TPSA) is 102 Å². The van der Waals surface area contributed by atoms with Crippen LogP contribution in [0, 0.1) is 5.92 Å². The predicted molar refractivity (Wildman–Crippen MR) is 91.3 cm³/mol. The van der Waals surface area contributed by atoms with E-state index in [1.165, 1.54) is 19.3 Å². The molecule has 1 amide bonds. The average Bonchev–Trinajstić information content (AvgIpc) is 2.52. The maximum Gasteiger partial charge on any atom is 0.305 e. The van der Waals surface area contributed by atoms with Gasteiger partial charge in [-0.25, -0.2) is 0 Å². The van der Waals surface area contributed by atoms with E-state index in [0.717, 1.165) is 12.8 Å². The first-order valence-corrected chi connectivity index (χ1v) is 8.34. The highest BCUT2D eigenvalue weighted by Gasteiger charge is 2.26. The highest BCUT2D eigenvalue weighted by atomic mass is 35.5. The molecule has 0 aliphatic heterocycles.